The summed E-state index contributed by atoms with van der Waals surface area (Å²) in [5.74, 6) is -2.00. The summed E-state index contributed by atoms with van der Waals surface area (Å²) >= 11 is 4.85. The molecule has 0 spiro atoms. The number of benzene rings is 1. The van der Waals surface area contributed by atoms with Crippen molar-refractivity contribution in [3.05, 3.63) is 53.8 Å². The number of nitrogens with one attached hydrogen (secondary N) is 1. The Hall–Kier alpha value is -2.26. The number of para-hydroxylation sites is 1. The van der Waals surface area contributed by atoms with Crippen molar-refractivity contribution in [1.82, 2.24) is 0 Å². The van der Waals surface area contributed by atoms with Crippen molar-refractivity contribution in [2.75, 3.05) is 5.32 Å². The van der Waals surface area contributed by atoms with E-state index in [1.54, 1.807) is 6.07 Å². The number of anilines is 1. The maximum atomic E-state index is 13.4. The fourth-order valence-electron chi connectivity index (χ4n) is 1.28. The second kappa shape index (κ2) is 6.61. The minimum absolute atomic E-state index is 0.0322. The van der Waals surface area contributed by atoms with E-state index in [1.165, 1.54) is 12.1 Å². The van der Waals surface area contributed by atoms with Crippen LogP contribution >= 0.6 is 12.2 Å². The van der Waals surface area contributed by atoms with E-state index in [4.69, 9.17) is 17.5 Å². The van der Waals surface area contributed by atoms with E-state index in [-0.39, 0.29) is 22.7 Å². The van der Waals surface area contributed by atoms with Crippen LogP contribution in [-0.4, -0.2) is 10.1 Å². The molecule has 0 atom stereocenters. The first-order valence-electron chi connectivity index (χ1n) is 5.19. The zero-order chi connectivity index (χ0) is 14.4. The van der Waals surface area contributed by atoms with Gasteiger partial charge in [0.05, 0.1) is 0 Å². The smallest absolute Gasteiger partial charge is 0.149 e. The van der Waals surface area contributed by atoms with Crippen LogP contribution in [0.3, 0.4) is 0 Å². The van der Waals surface area contributed by atoms with Gasteiger partial charge in [0.2, 0.25) is 0 Å². The van der Waals surface area contributed by atoms with Gasteiger partial charge in [-0.25, -0.2) is 8.78 Å². The van der Waals surface area contributed by atoms with Gasteiger partial charge in [-0.05, 0) is 12.1 Å². The molecular formula is C13H10F2N2OS. The fraction of sp³-hybridized carbons (Fsp3) is 0.0769. The van der Waals surface area contributed by atoms with Crippen LogP contribution in [0.25, 0.3) is 0 Å². The molecule has 1 rings (SSSR count). The third-order valence-corrected chi connectivity index (χ3v) is 2.47. The van der Waals surface area contributed by atoms with E-state index < -0.39 is 17.3 Å². The van der Waals surface area contributed by atoms with E-state index in [0.29, 0.717) is 0 Å². The highest BCUT2D eigenvalue weighted by atomic mass is 32.1. The van der Waals surface area contributed by atoms with Crippen LogP contribution in [0.4, 0.5) is 14.5 Å². The Balaban J connectivity index is 3.06. The lowest BCUT2D eigenvalue weighted by Crippen LogP contribution is -2.15. The van der Waals surface area contributed by atoms with Crippen LogP contribution in [-0.2, 0) is 0 Å². The molecule has 0 aromatic heterocycles. The predicted octanol–water partition coefficient (Wildman–Crippen LogP) is 3.62. The number of rotatable bonds is 4. The number of thiocarbonyl (C=S) groups is 1. The van der Waals surface area contributed by atoms with Crippen molar-refractivity contribution in [2.24, 2.45) is 0 Å². The van der Waals surface area contributed by atoms with Gasteiger partial charge in [0.25, 0.3) is 0 Å². The monoisotopic (exact) mass is 280 g/mol. The summed E-state index contributed by atoms with van der Waals surface area (Å²) < 4.78 is 26.8. The van der Waals surface area contributed by atoms with Gasteiger partial charge >= 0.3 is 0 Å². The zero-order valence-corrected chi connectivity index (χ0v) is 10.6. The summed E-state index contributed by atoms with van der Waals surface area (Å²) in [7, 11) is 0. The molecule has 3 nitrogen and oxygen atoms in total. The lowest BCUT2D eigenvalue weighted by atomic mass is 10.2. The van der Waals surface area contributed by atoms with Gasteiger partial charge in [-0.15, -0.1) is 6.58 Å². The van der Waals surface area contributed by atoms with Gasteiger partial charge in [0.1, 0.15) is 39.7 Å². The summed E-state index contributed by atoms with van der Waals surface area (Å²) in [5.41, 5.74) is -0.718. The van der Waals surface area contributed by atoms with Crippen molar-refractivity contribution in [1.29, 1.82) is 5.26 Å². The molecule has 2 N–H and O–H groups in total. The van der Waals surface area contributed by atoms with Gasteiger partial charge in [-0.1, -0.05) is 24.4 Å². The topological polar surface area (TPSA) is 56.0 Å². The van der Waals surface area contributed by atoms with Crippen LogP contribution in [0.1, 0.15) is 6.42 Å². The Morgan fingerprint density at radius 3 is 2.53 bits per heavy atom. The van der Waals surface area contributed by atoms with Crippen LogP contribution in [0, 0.1) is 23.0 Å². The van der Waals surface area contributed by atoms with Crippen LogP contribution < -0.4 is 5.32 Å². The quantitative estimate of drug-likeness (QED) is 0.291. The van der Waals surface area contributed by atoms with Gasteiger partial charge in [0, 0.05) is 6.42 Å². The molecule has 6 heteroatoms. The summed E-state index contributed by atoms with van der Waals surface area (Å²) in [6.45, 7) is 3.40. The fourth-order valence-corrected chi connectivity index (χ4v) is 1.54. The lowest BCUT2D eigenvalue weighted by Gasteiger charge is -2.10. The second-order valence-corrected chi connectivity index (χ2v) is 3.89. The molecule has 19 heavy (non-hydrogen) atoms. The van der Waals surface area contributed by atoms with E-state index in [9.17, 15) is 13.9 Å². The third-order valence-electron chi connectivity index (χ3n) is 2.17. The summed E-state index contributed by atoms with van der Waals surface area (Å²) in [6, 6.07) is 4.98. The van der Waals surface area contributed by atoms with Crippen molar-refractivity contribution < 1.29 is 13.9 Å². The standard InChI is InChI=1S/C13H10F2N2OS/c1-2-4-11(18)8(7-16)13(19)17-12-9(14)5-3-6-10(12)15/h2-3,5-6,18H,1,4H2,(H,17,19)/b11-8-. The number of hydrogen-bond donors (Lipinski definition) is 2. The van der Waals surface area contributed by atoms with Crippen molar-refractivity contribution in [3.8, 4) is 6.07 Å². The molecule has 0 aliphatic heterocycles. The number of allylic oxidation sites excluding steroid dienone is 1. The molecule has 0 amide bonds. The highest BCUT2D eigenvalue weighted by Gasteiger charge is 2.15. The van der Waals surface area contributed by atoms with Crippen molar-refractivity contribution in [2.45, 2.75) is 6.42 Å². The van der Waals surface area contributed by atoms with Crippen molar-refractivity contribution >= 4 is 22.9 Å². The first kappa shape index (κ1) is 14.8. The van der Waals surface area contributed by atoms with Gasteiger partial charge in [-0.2, -0.15) is 5.26 Å². The normalized spacial score (nSPS) is 11.2. The number of halogens is 2. The van der Waals surface area contributed by atoms with E-state index in [2.05, 4.69) is 11.9 Å². The third kappa shape index (κ3) is 3.60. The molecule has 0 unspecified atom stereocenters. The Bertz CT molecular complexity index is 571. The van der Waals surface area contributed by atoms with Crippen LogP contribution in [0.2, 0.25) is 0 Å². The molecule has 98 valence electrons. The summed E-state index contributed by atoms with van der Waals surface area (Å²) in [4.78, 5) is -0.258. The average molecular weight is 280 g/mol. The lowest BCUT2D eigenvalue weighted by molar-refractivity contribution is 0.399. The Morgan fingerprint density at radius 1 is 1.47 bits per heavy atom. The molecule has 0 heterocycles. The maximum Gasteiger partial charge on any atom is 0.149 e. The van der Waals surface area contributed by atoms with E-state index >= 15 is 0 Å². The van der Waals surface area contributed by atoms with Crippen molar-refractivity contribution in [3.63, 3.8) is 0 Å². The molecule has 0 fully saturated rings. The molecule has 0 saturated heterocycles. The number of hydrogen-bond acceptors (Lipinski definition) is 3. The minimum Gasteiger partial charge on any atom is -0.510 e. The number of aliphatic hydroxyl groups excluding tert-OH is 1. The molecule has 0 aliphatic rings. The SMILES string of the molecule is C=CC/C(O)=C(\C#N)C(=S)Nc1c(F)cccc1F. The van der Waals surface area contributed by atoms with Gasteiger partial charge in [0.15, 0.2) is 0 Å². The van der Waals surface area contributed by atoms with E-state index in [0.717, 1.165) is 12.1 Å². The highest BCUT2D eigenvalue weighted by molar-refractivity contribution is 7.81. The molecule has 0 radical (unpaired) electrons. The van der Waals surface area contributed by atoms with E-state index in [1.807, 2.05) is 0 Å². The highest BCUT2D eigenvalue weighted by Crippen LogP contribution is 2.20. The summed E-state index contributed by atoms with van der Waals surface area (Å²) in [6.07, 6.45) is 1.41. The van der Waals surface area contributed by atoms with Crippen LogP contribution in [0.15, 0.2) is 42.2 Å². The molecule has 1 aromatic carbocycles. The number of nitriles is 1. The first-order valence-corrected chi connectivity index (χ1v) is 5.60. The van der Waals surface area contributed by atoms with Gasteiger partial charge in [-0.3, -0.25) is 0 Å². The predicted molar refractivity (Wildman–Crippen MR) is 72.7 cm³/mol. The molecule has 0 saturated carbocycles. The molecule has 1 aromatic rings. The molecule has 0 bridgehead atoms. The Kier molecular flexibility index (Phi) is 5.15. The second-order valence-electron chi connectivity index (χ2n) is 3.48. The number of aliphatic hydroxyl groups is 1. The zero-order valence-electron chi connectivity index (χ0n) is 9.78. The Morgan fingerprint density at radius 2 is 2.05 bits per heavy atom. The maximum absolute atomic E-state index is 13.4. The Labute approximate surface area is 114 Å². The first-order chi connectivity index (χ1) is 9.01. The van der Waals surface area contributed by atoms with Gasteiger partial charge < -0.3 is 10.4 Å². The number of nitrogens with zero attached hydrogens (tertiary/aromatic N) is 1. The minimum atomic E-state index is -0.845. The largest absolute Gasteiger partial charge is 0.510 e. The van der Waals surface area contributed by atoms with Crippen LogP contribution in [0.5, 0.6) is 0 Å². The molecule has 0 aliphatic carbocycles. The summed E-state index contributed by atoms with van der Waals surface area (Å²) in [5, 5.41) is 20.7. The molecular weight excluding hydrogens is 270 g/mol. The average Bonchev–Trinajstić information content (AvgIpc) is 2.35.